The van der Waals surface area contributed by atoms with E-state index < -0.39 is 0 Å². The highest BCUT2D eigenvalue weighted by molar-refractivity contribution is 5.82. The van der Waals surface area contributed by atoms with Gasteiger partial charge in [-0.05, 0) is 25.0 Å². The van der Waals surface area contributed by atoms with Crippen molar-refractivity contribution in [2.24, 2.45) is 7.05 Å². The first-order valence-corrected chi connectivity index (χ1v) is 6.25. The van der Waals surface area contributed by atoms with Gasteiger partial charge < -0.3 is 9.30 Å². The second-order valence-electron chi connectivity index (χ2n) is 4.71. The minimum Gasteiger partial charge on any atom is -0.378 e. The van der Waals surface area contributed by atoms with Crippen molar-refractivity contribution in [1.82, 2.24) is 9.55 Å². The van der Waals surface area contributed by atoms with E-state index in [4.69, 9.17) is 10.00 Å². The van der Waals surface area contributed by atoms with Crippen LogP contribution in [0.2, 0.25) is 0 Å². The first-order chi connectivity index (χ1) is 8.79. The van der Waals surface area contributed by atoms with Gasteiger partial charge in [0, 0.05) is 20.1 Å². The molecule has 0 amide bonds. The van der Waals surface area contributed by atoms with Gasteiger partial charge in [-0.1, -0.05) is 6.07 Å². The maximum atomic E-state index is 9.10. The molecular weight excluding hydrogens is 226 g/mol. The van der Waals surface area contributed by atoms with Gasteiger partial charge in [0.15, 0.2) is 0 Å². The number of aromatic nitrogens is 2. The summed E-state index contributed by atoms with van der Waals surface area (Å²) in [5, 5.41) is 9.10. The molecule has 0 radical (unpaired) electrons. The molecule has 1 aliphatic heterocycles. The third-order valence-electron chi connectivity index (χ3n) is 3.56. The van der Waals surface area contributed by atoms with Gasteiger partial charge in [-0.25, -0.2) is 4.98 Å². The Morgan fingerprint density at radius 1 is 1.56 bits per heavy atom. The molecule has 92 valence electrons. The molecule has 1 atom stereocenters. The van der Waals surface area contributed by atoms with E-state index in [2.05, 4.69) is 15.6 Å². The quantitative estimate of drug-likeness (QED) is 0.809. The highest BCUT2D eigenvalue weighted by Crippen LogP contribution is 2.22. The van der Waals surface area contributed by atoms with Crippen molar-refractivity contribution in [2.75, 3.05) is 6.61 Å². The van der Waals surface area contributed by atoms with Crippen molar-refractivity contribution in [1.29, 1.82) is 5.26 Å². The minimum absolute atomic E-state index is 0.283. The summed E-state index contributed by atoms with van der Waals surface area (Å²) in [6.07, 6.45) is 3.36. The summed E-state index contributed by atoms with van der Waals surface area (Å²) in [5.74, 6) is 1.000. The van der Waals surface area contributed by atoms with Crippen LogP contribution in [0.4, 0.5) is 0 Å². The monoisotopic (exact) mass is 241 g/mol. The third-order valence-corrected chi connectivity index (χ3v) is 3.56. The molecule has 4 nitrogen and oxygen atoms in total. The lowest BCUT2D eigenvalue weighted by Crippen LogP contribution is -2.12. The van der Waals surface area contributed by atoms with Gasteiger partial charge in [0.1, 0.15) is 17.4 Å². The van der Waals surface area contributed by atoms with Crippen LogP contribution in [0.1, 0.15) is 24.2 Å². The molecule has 1 unspecified atom stereocenters. The Bertz CT molecular complexity index is 618. The van der Waals surface area contributed by atoms with Crippen molar-refractivity contribution in [3.8, 4) is 6.07 Å². The van der Waals surface area contributed by atoms with E-state index in [1.165, 1.54) is 0 Å². The lowest BCUT2D eigenvalue weighted by atomic mass is 10.2. The third kappa shape index (κ3) is 1.77. The van der Waals surface area contributed by atoms with Crippen molar-refractivity contribution in [3.63, 3.8) is 0 Å². The molecule has 0 bridgehead atoms. The summed E-state index contributed by atoms with van der Waals surface area (Å²) in [6, 6.07) is 7.91. The highest BCUT2D eigenvalue weighted by atomic mass is 16.5. The first kappa shape index (κ1) is 11.2. The molecule has 18 heavy (non-hydrogen) atoms. The van der Waals surface area contributed by atoms with Crippen molar-refractivity contribution < 1.29 is 4.74 Å². The lowest BCUT2D eigenvalue weighted by Gasteiger charge is -2.08. The highest BCUT2D eigenvalue weighted by Gasteiger charge is 2.19. The molecule has 1 aliphatic rings. The zero-order valence-corrected chi connectivity index (χ0v) is 10.4. The topological polar surface area (TPSA) is 50.8 Å². The number of aryl methyl sites for hydroxylation is 1. The van der Waals surface area contributed by atoms with Crippen LogP contribution >= 0.6 is 0 Å². The molecule has 0 spiro atoms. The summed E-state index contributed by atoms with van der Waals surface area (Å²) >= 11 is 0. The maximum Gasteiger partial charge on any atom is 0.112 e. The Morgan fingerprint density at radius 3 is 3.17 bits per heavy atom. The number of hydrogen-bond acceptors (Lipinski definition) is 3. The van der Waals surface area contributed by atoms with Gasteiger partial charge in [0.05, 0.1) is 17.2 Å². The number of hydrogen-bond donors (Lipinski definition) is 0. The zero-order valence-electron chi connectivity index (χ0n) is 10.4. The summed E-state index contributed by atoms with van der Waals surface area (Å²) in [7, 11) is 2.00. The molecule has 2 heterocycles. The molecule has 1 aromatic carbocycles. The molecule has 2 aromatic rings. The Morgan fingerprint density at radius 2 is 2.44 bits per heavy atom. The fourth-order valence-corrected chi connectivity index (χ4v) is 2.54. The van der Waals surface area contributed by atoms with Crippen LogP contribution in [0.5, 0.6) is 0 Å². The second-order valence-corrected chi connectivity index (χ2v) is 4.71. The first-order valence-electron chi connectivity index (χ1n) is 6.25. The number of benzene rings is 1. The number of ether oxygens (including phenoxy) is 1. The lowest BCUT2D eigenvalue weighted by molar-refractivity contribution is 0.109. The molecular formula is C14H15N3O. The Kier molecular flexibility index (Phi) is 2.77. The summed E-state index contributed by atoms with van der Waals surface area (Å²) in [5.41, 5.74) is 2.46. The minimum atomic E-state index is 0.283. The Balaban J connectivity index is 2.02. The van der Waals surface area contributed by atoms with E-state index in [-0.39, 0.29) is 6.10 Å². The van der Waals surface area contributed by atoms with E-state index in [9.17, 15) is 0 Å². The van der Waals surface area contributed by atoms with E-state index in [0.717, 1.165) is 42.7 Å². The molecule has 1 fully saturated rings. The summed E-state index contributed by atoms with van der Waals surface area (Å²) < 4.78 is 7.71. The molecule has 0 N–H and O–H groups in total. The van der Waals surface area contributed by atoms with Crippen LogP contribution in [0.15, 0.2) is 18.2 Å². The smallest absolute Gasteiger partial charge is 0.112 e. The Labute approximate surface area is 106 Å². The Hall–Kier alpha value is -1.86. The summed E-state index contributed by atoms with van der Waals surface area (Å²) in [4.78, 5) is 4.61. The fraction of sp³-hybridized carbons (Fsp3) is 0.429. The predicted molar refractivity (Wildman–Crippen MR) is 68.1 cm³/mol. The van der Waals surface area contributed by atoms with Crippen molar-refractivity contribution in [3.05, 3.63) is 29.6 Å². The zero-order chi connectivity index (χ0) is 12.5. The standard InChI is InChI=1S/C14H15N3O/c1-17-12-6-2-4-10(9-15)14(12)16-13(17)8-11-5-3-7-18-11/h2,4,6,11H,3,5,7-8H2,1H3. The largest absolute Gasteiger partial charge is 0.378 e. The maximum absolute atomic E-state index is 9.10. The van der Waals surface area contributed by atoms with Crippen LogP contribution in [0, 0.1) is 11.3 Å². The number of para-hydroxylation sites is 1. The van der Waals surface area contributed by atoms with E-state index in [1.807, 2.05) is 25.2 Å². The molecule has 1 saturated heterocycles. The predicted octanol–water partition coefficient (Wildman–Crippen LogP) is 2.17. The average molecular weight is 241 g/mol. The number of fused-ring (bicyclic) bond motifs is 1. The molecule has 1 aromatic heterocycles. The van der Waals surface area contributed by atoms with Crippen LogP contribution in [0.25, 0.3) is 11.0 Å². The SMILES string of the molecule is Cn1c(CC2CCCO2)nc2c(C#N)cccc21. The number of nitriles is 1. The van der Waals surface area contributed by atoms with Crippen molar-refractivity contribution >= 4 is 11.0 Å². The van der Waals surface area contributed by atoms with Gasteiger partial charge in [0.2, 0.25) is 0 Å². The van der Waals surface area contributed by atoms with E-state index in [0.29, 0.717) is 5.56 Å². The second kappa shape index (κ2) is 4.43. The van der Waals surface area contributed by atoms with Gasteiger partial charge in [-0.3, -0.25) is 0 Å². The van der Waals surface area contributed by atoms with Crippen LogP contribution < -0.4 is 0 Å². The molecule has 0 aliphatic carbocycles. The molecule has 3 rings (SSSR count). The van der Waals surface area contributed by atoms with E-state index >= 15 is 0 Å². The number of imidazole rings is 1. The van der Waals surface area contributed by atoms with Gasteiger partial charge in [0.25, 0.3) is 0 Å². The van der Waals surface area contributed by atoms with Gasteiger partial charge in [-0.2, -0.15) is 5.26 Å². The molecule has 4 heteroatoms. The summed E-state index contributed by atoms with van der Waals surface area (Å²) in [6.45, 7) is 0.859. The van der Waals surface area contributed by atoms with Crippen LogP contribution in [-0.2, 0) is 18.2 Å². The molecule has 0 saturated carbocycles. The van der Waals surface area contributed by atoms with Crippen molar-refractivity contribution in [2.45, 2.75) is 25.4 Å². The number of nitrogens with zero attached hydrogens (tertiary/aromatic N) is 3. The number of rotatable bonds is 2. The van der Waals surface area contributed by atoms with E-state index in [1.54, 1.807) is 0 Å². The van der Waals surface area contributed by atoms with Gasteiger partial charge >= 0.3 is 0 Å². The average Bonchev–Trinajstić information content (AvgIpc) is 3.00. The fourth-order valence-electron chi connectivity index (χ4n) is 2.54. The van der Waals surface area contributed by atoms with Crippen LogP contribution in [-0.4, -0.2) is 22.3 Å². The van der Waals surface area contributed by atoms with Gasteiger partial charge in [-0.15, -0.1) is 0 Å². The normalized spacial score (nSPS) is 19.2. The van der Waals surface area contributed by atoms with Crippen LogP contribution in [0.3, 0.4) is 0 Å².